The van der Waals surface area contributed by atoms with Gasteiger partial charge in [-0.1, -0.05) is 5.10 Å². The van der Waals surface area contributed by atoms with Gasteiger partial charge in [0.25, 0.3) is 5.56 Å². The zero-order valence-corrected chi connectivity index (χ0v) is 14.4. The van der Waals surface area contributed by atoms with Crippen LogP contribution in [0.1, 0.15) is 0 Å². The molecule has 0 aliphatic rings. The molecule has 3 aromatic rings. The van der Waals surface area contributed by atoms with Crippen LogP contribution in [0.5, 0.6) is 6.01 Å². The lowest BCUT2D eigenvalue weighted by Gasteiger charge is -2.11. The lowest BCUT2D eigenvalue weighted by molar-refractivity contribution is 0.266. The highest BCUT2D eigenvalue weighted by Gasteiger charge is 2.17. The zero-order valence-electron chi connectivity index (χ0n) is 14.4. The molecule has 0 amide bonds. The van der Waals surface area contributed by atoms with Gasteiger partial charge in [0.1, 0.15) is 12.4 Å². The Morgan fingerprint density at radius 3 is 2.63 bits per heavy atom. The number of halogens is 1. The summed E-state index contributed by atoms with van der Waals surface area (Å²) in [6, 6.07) is 5.04. The molecule has 0 saturated heterocycles. The molecule has 2 aromatic heterocycles. The minimum atomic E-state index is -0.655. The van der Waals surface area contributed by atoms with E-state index in [1.54, 1.807) is 0 Å². The number of aromatic nitrogens is 5. The van der Waals surface area contributed by atoms with E-state index in [9.17, 15) is 14.0 Å². The second-order valence-corrected chi connectivity index (χ2v) is 5.55. The number of hydrogen-bond acceptors (Lipinski definition) is 8. The monoisotopic (exact) mass is 376 g/mol. The summed E-state index contributed by atoms with van der Waals surface area (Å²) in [5, 5.41) is 19.3. The molecule has 0 aliphatic heterocycles. The molecular weight excluding hydrogens is 359 g/mol. The topological polar surface area (TPSA) is 124 Å². The average Bonchev–Trinajstić information content (AvgIpc) is 2.68. The summed E-state index contributed by atoms with van der Waals surface area (Å²) >= 11 is 0. The van der Waals surface area contributed by atoms with Crippen LogP contribution >= 0.6 is 0 Å². The third-order valence-electron chi connectivity index (χ3n) is 3.73. The summed E-state index contributed by atoms with van der Waals surface area (Å²) in [6.45, 7) is 1.07. The summed E-state index contributed by atoms with van der Waals surface area (Å²) in [7, 11) is 1.31. The average molecular weight is 376 g/mol. The van der Waals surface area contributed by atoms with Crippen molar-refractivity contribution in [2.45, 2.75) is 0 Å². The number of benzene rings is 1. The molecule has 0 atom stereocenters. The van der Waals surface area contributed by atoms with Crippen molar-refractivity contribution >= 4 is 11.2 Å². The van der Waals surface area contributed by atoms with E-state index in [2.05, 4.69) is 20.5 Å². The van der Waals surface area contributed by atoms with Crippen molar-refractivity contribution in [3.05, 3.63) is 50.9 Å². The smallest absolute Gasteiger partial charge is 0.337 e. The zero-order chi connectivity index (χ0) is 19.4. The van der Waals surface area contributed by atoms with Gasteiger partial charge in [0.2, 0.25) is 0 Å². The SMILES string of the molecule is Cn1c(=O)c2nc(OCCNCCO)nnc2n(-c2ccc(F)cc2)c1=O. The highest BCUT2D eigenvalue weighted by Crippen LogP contribution is 2.12. The second-order valence-electron chi connectivity index (χ2n) is 5.55. The van der Waals surface area contributed by atoms with Gasteiger partial charge in [-0.05, 0) is 24.3 Å². The standard InChI is InChI=1S/C16H17FN6O4/c1-22-14(25)12-13(20-21-15(19-12)27-9-7-18-6-8-24)23(16(22)26)11-4-2-10(17)3-5-11/h2-5,18,24H,6-9H2,1H3. The first-order valence-corrected chi connectivity index (χ1v) is 8.09. The van der Waals surface area contributed by atoms with Crippen molar-refractivity contribution in [3.8, 4) is 11.7 Å². The van der Waals surface area contributed by atoms with Crippen LogP contribution in [-0.2, 0) is 7.05 Å². The van der Waals surface area contributed by atoms with Crippen molar-refractivity contribution < 1.29 is 14.2 Å². The molecule has 3 rings (SSSR count). The Morgan fingerprint density at radius 2 is 1.93 bits per heavy atom. The largest absolute Gasteiger partial charge is 0.461 e. The number of nitrogens with one attached hydrogen (secondary N) is 1. The number of ether oxygens (including phenoxy) is 1. The maximum absolute atomic E-state index is 13.2. The van der Waals surface area contributed by atoms with Crippen molar-refractivity contribution in [1.82, 2.24) is 29.6 Å². The van der Waals surface area contributed by atoms with E-state index in [1.807, 2.05) is 0 Å². The van der Waals surface area contributed by atoms with Crippen LogP contribution in [0.15, 0.2) is 33.9 Å². The van der Waals surface area contributed by atoms with E-state index in [-0.39, 0.29) is 30.4 Å². The summed E-state index contributed by atoms with van der Waals surface area (Å²) in [5.74, 6) is -0.462. The quantitative estimate of drug-likeness (QED) is 0.502. The van der Waals surface area contributed by atoms with Gasteiger partial charge in [0.15, 0.2) is 11.2 Å². The lowest BCUT2D eigenvalue weighted by atomic mass is 10.3. The Labute approximate surface area is 151 Å². The number of fused-ring (bicyclic) bond motifs is 1. The van der Waals surface area contributed by atoms with Crippen LogP contribution in [-0.4, -0.2) is 55.7 Å². The molecule has 0 bridgehead atoms. The molecule has 0 radical (unpaired) electrons. The highest BCUT2D eigenvalue weighted by atomic mass is 19.1. The predicted molar refractivity (Wildman–Crippen MR) is 93.6 cm³/mol. The minimum absolute atomic E-state index is 0.00495. The molecule has 1 aromatic carbocycles. The number of aliphatic hydroxyl groups excluding tert-OH is 1. The van der Waals surface area contributed by atoms with Crippen molar-refractivity contribution in [1.29, 1.82) is 0 Å². The molecule has 27 heavy (non-hydrogen) atoms. The van der Waals surface area contributed by atoms with Gasteiger partial charge in [-0.2, -0.15) is 4.98 Å². The molecule has 0 spiro atoms. The molecule has 0 unspecified atom stereocenters. The third-order valence-corrected chi connectivity index (χ3v) is 3.73. The first-order chi connectivity index (χ1) is 13.0. The molecular formula is C16H17FN6O4. The summed E-state index contributed by atoms with van der Waals surface area (Å²) in [4.78, 5) is 29.0. The predicted octanol–water partition coefficient (Wildman–Crippen LogP) is -1.03. The molecule has 11 heteroatoms. The summed E-state index contributed by atoms with van der Waals surface area (Å²) in [5.41, 5.74) is -1.14. The fourth-order valence-electron chi connectivity index (χ4n) is 2.39. The van der Waals surface area contributed by atoms with Crippen molar-refractivity contribution in [3.63, 3.8) is 0 Å². The van der Waals surface area contributed by atoms with E-state index in [1.165, 1.54) is 31.3 Å². The summed E-state index contributed by atoms with van der Waals surface area (Å²) in [6.07, 6.45) is 0. The van der Waals surface area contributed by atoms with E-state index in [4.69, 9.17) is 9.84 Å². The van der Waals surface area contributed by atoms with Gasteiger partial charge < -0.3 is 15.2 Å². The van der Waals surface area contributed by atoms with E-state index in [0.717, 1.165) is 9.13 Å². The van der Waals surface area contributed by atoms with E-state index >= 15 is 0 Å². The second kappa shape index (κ2) is 8.01. The maximum atomic E-state index is 13.2. The van der Waals surface area contributed by atoms with E-state index in [0.29, 0.717) is 18.8 Å². The lowest BCUT2D eigenvalue weighted by Crippen LogP contribution is -2.38. The van der Waals surface area contributed by atoms with Gasteiger partial charge in [0, 0.05) is 20.1 Å². The van der Waals surface area contributed by atoms with Gasteiger partial charge in [-0.3, -0.25) is 9.36 Å². The Morgan fingerprint density at radius 1 is 1.19 bits per heavy atom. The van der Waals surface area contributed by atoms with Crippen molar-refractivity contribution in [2.75, 3.05) is 26.3 Å². The highest BCUT2D eigenvalue weighted by molar-refractivity contribution is 5.70. The molecule has 2 N–H and O–H groups in total. The van der Waals surface area contributed by atoms with Crippen LogP contribution in [0.25, 0.3) is 16.9 Å². The molecule has 10 nitrogen and oxygen atoms in total. The van der Waals surface area contributed by atoms with Gasteiger partial charge >= 0.3 is 11.7 Å². The number of nitrogens with zero attached hydrogens (tertiary/aromatic N) is 5. The molecule has 0 fully saturated rings. The van der Waals surface area contributed by atoms with Crippen molar-refractivity contribution in [2.24, 2.45) is 7.05 Å². The van der Waals surface area contributed by atoms with Gasteiger partial charge in [-0.15, -0.1) is 5.10 Å². The fraction of sp³-hybridized carbons (Fsp3) is 0.312. The molecule has 142 valence electrons. The van der Waals surface area contributed by atoms with Crippen LogP contribution < -0.4 is 21.3 Å². The fourth-order valence-corrected chi connectivity index (χ4v) is 2.39. The molecule has 2 heterocycles. The minimum Gasteiger partial charge on any atom is -0.461 e. The first-order valence-electron chi connectivity index (χ1n) is 8.09. The van der Waals surface area contributed by atoms with Crippen LogP contribution in [0.2, 0.25) is 0 Å². The third kappa shape index (κ3) is 3.83. The Balaban J connectivity index is 2.03. The van der Waals surface area contributed by atoms with Crippen LogP contribution in [0.4, 0.5) is 4.39 Å². The van der Waals surface area contributed by atoms with Gasteiger partial charge in [-0.25, -0.2) is 13.8 Å². The maximum Gasteiger partial charge on any atom is 0.337 e. The summed E-state index contributed by atoms with van der Waals surface area (Å²) < 4.78 is 20.5. The normalized spacial score (nSPS) is 11.1. The Hall–Kier alpha value is -3.18. The number of aliphatic hydroxyl groups is 1. The van der Waals surface area contributed by atoms with E-state index < -0.39 is 17.1 Å². The molecule has 0 aliphatic carbocycles. The Kier molecular flexibility index (Phi) is 5.52. The molecule has 0 saturated carbocycles. The Bertz CT molecular complexity index is 1060. The number of rotatable bonds is 7. The first kappa shape index (κ1) is 18.6. The van der Waals surface area contributed by atoms with Crippen LogP contribution in [0, 0.1) is 5.82 Å². The van der Waals surface area contributed by atoms with Gasteiger partial charge in [0.05, 0.1) is 12.3 Å². The van der Waals surface area contributed by atoms with Crippen LogP contribution in [0.3, 0.4) is 0 Å². The number of hydrogen-bond donors (Lipinski definition) is 2.